The van der Waals surface area contributed by atoms with Crippen molar-refractivity contribution in [3.63, 3.8) is 0 Å². The Balaban J connectivity index is 2.22. The molecule has 0 aliphatic carbocycles. The number of carboxylic acids is 1. The molecule has 2 rings (SSSR count). The van der Waals surface area contributed by atoms with E-state index in [-0.39, 0.29) is 5.75 Å². The standard InChI is InChI=1S/C19H18BrNO6/c1-26-16(10-11-17(23)24)18(12-2-8-15(22)9-3-12)27-19(25)21-14-6-4-13(20)5-7-14/h2-11,16,18,22H,1H3,(H,21,25)(H,23,24)/b11-10+/t16-,18-/m0/s1. The highest BCUT2D eigenvalue weighted by Gasteiger charge is 2.26. The van der Waals surface area contributed by atoms with E-state index >= 15 is 0 Å². The van der Waals surface area contributed by atoms with Gasteiger partial charge in [-0.1, -0.05) is 28.1 Å². The molecule has 27 heavy (non-hydrogen) atoms. The van der Waals surface area contributed by atoms with Gasteiger partial charge in [-0.25, -0.2) is 9.59 Å². The Morgan fingerprint density at radius 1 is 1.11 bits per heavy atom. The smallest absolute Gasteiger partial charge is 0.412 e. The number of phenolic OH excluding ortho intramolecular Hbond substituents is 1. The highest BCUT2D eigenvalue weighted by atomic mass is 79.9. The maximum Gasteiger partial charge on any atom is 0.412 e. The van der Waals surface area contributed by atoms with Gasteiger partial charge in [-0.05, 0) is 48.0 Å². The summed E-state index contributed by atoms with van der Waals surface area (Å²) in [5.74, 6) is -1.10. The van der Waals surface area contributed by atoms with E-state index in [0.29, 0.717) is 11.3 Å². The first-order chi connectivity index (χ1) is 12.9. The van der Waals surface area contributed by atoms with Gasteiger partial charge in [0.05, 0.1) is 0 Å². The molecule has 1 amide bonds. The number of carbonyl (C=O) groups is 2. The first-order valence-electron chi connectivity index (χ1n) is 7.85. The Labute approximate surface area is 164 Å². The molecule has 3 N–H and O–H groups in total. The largest absolute Gasteiger partial charge is 0.508 e. The molecule has 0 saturated carbocycles. The van der Waals surface area contributed by atoms with Gasteiger partial charge in [-0.2, -0.15) is 0 Å². The van der Waals surface area contributed by atoms with Gasteiger partial charge >= 0.3 is 12.1 Å². The Morgan fingerprint density at radius 2 is 1.74 bits per heavy atom. The van der Waals surface area contributed by atoms with E-state index in [9.17, 15) is 14.7 Å². The molecule has 142 valence electrons. The lowest BCUT2D eigenvalue weighted by molar-refractivity contribution is -0.131. The van der Waals surface area contributed by atoms with Crippen LogP contribution in [-0.2, 0) is 14.3 Å². The summed E-state index contributed by atoms with van der Waals surface area (Å²) in [6.07, 6.45) is -0.311. The molecule has 0 heterocycles. The molecule has 0 bridgehead atoms. The monoisotopic (exact) mass is 435 g/mol. The predicted octanol–water partition coefficient (Wildman–Crippen LogP) is 4.10. The average molecular weight is 436 g/mol. The molecule has 0 saturated heterocycles. The number of hydrogen-bond acceptors (Lipinski definition) is 5. The maximum atomic E-state index is 12.3. The molecule has 0 unspecified atom stereocenters. The zero-order chi connectivity index (χ0) is 19.8. The van der Waals surface area contributed by atoms with Crippen LogP contribution in [-0.4, -0.2) is 35.5 Å². The average Bonchev–Trinajstić information content (AvgIpc) is 2.63. The Kier molecular flexibility index (Phi) is 7.39. The summed E-state index contributed by atoms with van der Waals surface area (Å²) in [6.45, 7) is 0. The minimum absolute atomic E-state index is 0.0480. The van der Waals surface area contributed by atoms with Crippen LogP contribution >= 0.6 is 15.9 Å². The number of carboxylic acid groups (broad SMARTS) is 1. The third-order valence-electron chi connectivity index (χ3n) is 3.55. The minimum atomic E-state index is -1.15. The number of methoxy groups -OCH3 is 1. The lowest BCUT2D eigenvalue weighted by Crippen LogP contribution is -2.27. The molecule has 0 aliphatic rings. The summed E-state index contributed by atoms with van der Waals surface area (Å²) in [5.41, 5.74) is 1.06. The van der Waals surface area contributed by atoms with Gasteiger partial charge in [-0.3, -0.25) is 5.32 Å². The normalized spacial score (nSPS) is 13.1. The van der Waals surface area contributed by atoms with Gasteiger partial charge in [0, 0.05) is 23.3 Å². The number of hydrogen-bond donors (Lipinski definition) is 3. The van der Waals surface area contributed by atoms with E-state index in [0.717, 1.165) is 10.5 Å². The van der Waals surface area contributed by atoms with Crippen LogP contribution in [0.5, 0.6) is 5.75 Å². The van der Waals surface area contributed by atoms with Crippen molar-refractivity contribution in [3.8, 4) is 5.75 Å². The van der Waals surface area contributed by atoms with Gasteiger partial charge in [0.1, 0.15) is 11.9 Å². The van der Waals surface area contributed by atoms with E-state index in [1.54, 1.807) is 36.4 Å². The predicted molar refractivity (Wildman–Crippen MR) is 103 cm³/mol. The molecular formula is C19H18BrNO6. The van der Waals surface area contributed by atoms with Crippen molar-refractivity contribution in [2.75, 3.05) is 12.4 Å². The van der Waals surface area contributed by atoms with Crippen LogP contribution in [0.15, 0.2) is 65.2 Å². The lowest BCUT2D eigenvalue weighted by Gasteiger charge is -2.24. The second kappa shape index (κ2) is 9.75. The second-order valence-electron chi connectivity index (χ2n) is 5.45. The fourth-order valence-electron chi connectivity index (χ4n) is 2.26. The highest BCUT2D eigenvalue weighted by Crippen LogP contribution is 2.27. The number of benzene rings is 2. The molecule has 0 radical (unpaired) electrons. The summed E-state index contributed by atoms with van der Waals surface area (Å²) >= 11 is 3.31. The van der Waals surface area contributed by atoms with E-state index in [1.165, 1.54) is 25.3 Å². The summed E-state index contributed by atoms with van der Waals surface area (Å²) in [7, 11) is 1.38. The van der Waals surface area contributed by atoms with Crippen molar-refractivity contribution in [2.45, 2.75) is 12.2 Å². The molecule has 0 aromatic heterocycles. The van der Waals surface area contributed by atoms with E-state index < -0.39 is 24.3 Å². The first kappa shape index (κ1) is 20.5. The minimum Gasteiger partial charge on any atom is -0.508 e. The number of aliphatic carboxylic acids is 1. The van der Waals surface area contributed by atoms with Crippen LogP contribution in [0.1, 0.15) is 11.7 Å². The zero-order valence-electron chi connectivity index (χ0n) is 14.3. The van der Waals surface area contributed by atoms with Gasteiger partial charge < -0.3 is 19.7 Å². The molecule has 8 heteroatoms. The van der Waals surface area contributed by atoms with Crippen LogP contribution in [0.3, 0.4) is 0 Å². The van der Waals surface area contributed by atoms with Crippen LogP contribution in [0.2, 0.25) is 0 Å². The Hall–Kier alpha value is -2.84. The molecule has 0 aliphatic heterocycles. The second-order valence-corrected chi connectivity index (χ2v) is 6.36. The van der Waals surface area contributed by atoms with E-state index in [2.05, 4.69) is 21.2 Å². The first-order valence-corrected chi connectivity index (χ1v) is 8.64. The molecular weight excluding hydrogens is 418 g/mol. The molecule has 0 fully saturated rings. The number of halogens is 1. The van der Waals surface area contributed by atoms with Crippen molar-refractivity contribution >= 4 is 33.7 Å². The number of phenols is 1. The van der Waals surface area contributed by atoms with Gasteiger partial charge in [0.25, 0.3) is 0 Å². The molecule has 0 spiro atoms. The van der Waals surface area contributed by atoms with Crippen LogP contribution in [0.25, 0.3) is 0 Å². The van der Waals surface area contributed by atoms with Gasteiger partial charge in [0.2, 0.25) is 0 Å². The van der Waals surface area contributed by atoms with E-state index in [1.807, 2.05) is 0 Å². The van der Waals surface area contributed by atoms with Crippen molar-refractivity contribution in [3.05, 3.63) is 70.7 Å². The number of aromatic hydroxyl groups is 1. The SMILES string of the molecule is CO[C@@H](/C=C/C(=O)O)[C@@H](OC(=O)Nc1ccc(Br)cc1)c1ccc(O)cc1. The topological polar surface area (TPSA) is 105 Å². The molecule has 2 aromatic carbocycles. The fourth-order valence-corrected chi connectivity index (χ4v) is 2.53. The summed E-state index contributed by atoms with van der Waals surface area (Å²) in [4.78, 5) is 23.1. The van der Waals surface area contributed by atoms with Gasteiger partial charge in [0.15, 0.2) is 6.10 Å². The Bertz CT molecular complexity index is 804. The van der Waals surface area contributed by atoms with Crippen molar-refractivity contribution in [1.29, 1.82) is 0 Å². The fraction of sp³-hybridized carbons (Fsp3) is 0.158. The number of anilines is 1. The molecule has 2 atom stereocenters. The number of ether oxygens (including phenoxy) is 2. The summed E-state index contributed by atoms with van der Waals surface area (Å²) in [6, 6.07) is 12.9. The third-order valence-corrected chi connectivity index (χ3v) is 4.07. The quantitative estimate of drug-likeness (QED) is 0.565. The number of nitrogens with one attached hydrogen (secondary N) is 1. The lowest BCUT2D eigenvalue weighted by atomic mass is 10.0. The number of carbonyl (C=O) groups excluding carboxylic acids is 1. The van der Waals surface area contributed by atoms with Crippen molar-refractivity contribution in [2.24, 2.45) is 0 Å². The van der Waals surface area contributed by atoms with Crippen LogP contribution < -0.4 is 5.32 Å². The zero-order valence-corrected chi connectivity index (χ0v) is 15.9. The van der Waals surface area contributed by atoms with Gasteiger partial charge in [-0.15, -0.1) is 0 Å². The van der Waals surface area contributed by atoms with E-state index in [4.69, 9.17) is 14.6 Å². The Morgan fingerprint density at radius 3 is 2.30 bits per heavy atom. The number of amides is 1. The summed E-state index contributed by atoms with van der Waals surface area (Å²) < 4.78 is 11.6. The van der Waals surface area contributed by atoms with Crippen molar-refractivity contribution < 1.29 is 29.3 Å². The highest BCUT2D eigenvalue weighted by molar-refractivity contribution is 9.10. The summed E-state index contributed by atoms with van der Waals surface area (Å²) in [5, 5.41) is 20.9. The molecule has 7 nitrogen and oxygen atoms in total. The van der Waals surface area contributed by atoms with Crippen LogP contribution in [0, 0.1) is 0 Å². The molecule has 2 aromatic rings. The maximum absolute atomic E-state index is 12.3. The number of rotatable bonds is 7. The third kappa shape index (κ3) is 6.43. The van der Waals surface area contributed by atoms with Crippen LogP contribution in [0.4, 0.5) is 10.5 Å². The van der Waals surface area contributed by atoms with Crippen molar-refractivity contribution in [1.82, 2.24) is 0 Å².